The Kier molecular flexibility index (Phi) is 4.19. The first-order chi connectivity index (χ1) is 11.2. The second-order valence-corrected chi connectivity index (χ2v) is 5.40. The first-order valence-electron chi connectivity index (χ1n) is 7.44. The van der Waals surface area contributed by atoms with Gasteiger partial charge in [0.05, 0.1) is 5.69 Å². The quantitative estimate of drug-likeness (QED) is 0.457. The van der Waals surface area contributed by atoms with Gasteiger partial charge in [-0.1, -0.05) is 53.7 Å². The highest BCUT2D eigenvalue weighted by atomic mass is 16.4. The lowest BCUT2D eigenvalue weighted by atomic mass is 10.1. The average molecular weight is 306 g/mol. The second-order valence-electron chi connectivity index (χ2n) is 5.40. The molecule has 116 valence electrons. The van der Waals surface area contributed by atoms with Crippen LogP contribution < -0.4 is 0 Å². The van der Waals surface area contributed by atoms with Crippen molar-refractivity contribution in [1.82, 2.24) is 14.8 Å². The fourth-order valence-corrected chi connectivity index (χ4v) is 2.60. The Balaban J connectivity index is 2.05. The van der Waals surface area contributed by atoms with Crippen LogP contribution in [0.15, 0.2) is 59.8 Å². The highest BCUT2D eigenvalue weighted by molar-refractivity contribution is 5.99. The maximum absolute atomic E-state index is 9.50. The second kappa shape index (κ2) is 6.44. The third kappa shape index (κ3) is 2.99. The van der Waals surface area contributed by atoms with Gasteiger partial charge >= 0.3 is 0 Å². The molecule has 3 aromatic rings. The van der Waals surface area contributed by atoms with E-state index in [0.29, 0.717) is 18.0 Å². The molecule has 1 aromatic heterocycles. The molecule has 0 aliphatic carbocycles. The molecule has 0 atom stereocenters. The molecule has 0 spiro atoms. The van der Waals surface area contributed by atoms with Gasteiger partial charge in [0.2, 0.25) is 0 Å². The third-order valence-corrected chi connectivity index (χ3v) is 3.77. The molecule has 1 N–H and O–H groups in total. The van der Waals surface area contributed by atoms with E-state index in [0.717, 1.165) is 22.6 Å². The van der Waals surface area contributed by atoms with Crippen LogP contribution >= 0.6 is 0 Å². The van der Waals surface area contributed by atoms with Crippen molar-refractivity contribution in [3.05, 3.63) is 77.4 Å². The predicted octanol–water partition coefficient (Wildman–Crippen LogP) is 3.31. The van der Waals surface area contributed by atoms with Crippen molar-refractivity contribution < 1.29 is 5.21 Å². The number of aromatic nitrogens is 3. The first kappa shape index (κ1) is 15.0. The molecule has 0 bridgehead atoms. The van der Waals surface area contributed by atoms with Crippen LogP contribution in [0.3, 0.4) is 0 Å². The van der Waals surface area contributed by atoms with E-state index in [2.05, 4.69) is 15.4 Å². The minimum absolute atomic E-state index is 0.486. The molecule has 0 radical (unpaired) electrons. The summed E-state index contributed by atoms with van der Waals surface area (Å²) in [6.07, 6.45) is 0.487. The summed E-state index contributed by atoms with van der Waals surface area (Å²) in [5, 5.41) is 21.4. The molecule has 1 heterocycles. The van der Waals surface area contributed by atoms with E-state index >= 15 is 0 Å². The molecule has 5 heteroatoms. The molecule has 2 aromatic carbocycles. The monoisotopic (exact) mass is 306 g/mol. The summed E-state index contributed by atoms with van der Waals surface area (Å²) in [6.45, 7) is 3.92. The standard InChI is InChI=1S/C18H18N4O/c1-13-8-6-7-11-17(13)22-14(2)19-20-18(22)16(21-23)12-15-9-4-3-5-10-15/h3-11,23H,12H2,1-2H3/b21-16-. The topological polar surface area (TPSA) is 63.3 Å². The number of hydrogen-bond donors (Lipinski definition) is 1. The van der Waals surface area contributed by atoms with Crippen molar-refractivity contribution in [2.45, 2.75) is 20.3 Å². The van der Waals surface area contributed by atoms with Gasteiger partial charge in [-0.2, -0.15) is 0 Å². The number of aryl methyl sites for hydroxylation is 2. The van der Waals surface area contributed by atoms with Crippen LogP contribution in [0, 0.1) is 13.8 Å². The van der Waals surface area contributed by atoms with E-state index in [1.807, 2.05) is 73.0 Å². The van der Waals surface area contributed by atoms with Crippen LogP contribution in [0.5, 0.6) is 0 Å². The van der Waals surface area contributed by atoms with Crippen LogP contribution in [0.1, 0.15) is 22.8 Å². The van der Waals surface area contributed by atoms with Crippen LogP contribution in [-0.2, 0) is 6.42 Å². The highest BCUT2D eigenvalue weighted by Crippen LogP contribution is 2.18. The third-order valence-electron chi connectivity index (χ3n) is 3.77. The van der Waals surface area contributed by atoms with Gasteiger partial charge in [-0.25, -0.2) is 0 Å². The van der Waals surface area contributed by atoms with Gasteiger partial charge in [0.25, 0.3) is 0 Å². The van der Waals surface area contributed by atoms with Crippen LogP contribution in [0.4, 0.5) is 0 Å². The summed E-state index contributed by atoms with van der Waals surface area (Å²) in [6, 6.07) is 17.9. The summed E-state index contributed by atoms with van der Waals surface area (Å²) in [4.78, 5) is 0. The maximum atomic E-state index is 9.50. The molecule has 0 aliphatic heterocycles. The Hall–Kier alpha value is -2.95. The zero-order valence-electron chi connectivity index (χ0n) is 13.1. The smallest absolute Gasteiger partial charge is 0.186 e. The van der Waals surface area contributed by atoms with E-state index in [4.69, 9.17) is 0 Å². The highest BCUT2D eigenvalue weighted by Gasteiger charge is 2.18. The van der Waals surface area contributed by atoms with Gasteiger partial charge in [0, 0.05) is 6.42 Å². The molecule has 0 amide bonds. The Labute approximate surface area is 134 Å². The summed E-state index contributed by atoms with van der Waals surface area (Å²) < 4.78 is 1.92. The number of benzene rings is 2. The van der Waals surface area contributed by atoms with Crippen LogP contribution in [0.2, 0.25) is 0 Å². The van der Waals surface area contributed by atoms with Gasteiger partial charge in [-0.05, 0) is 31.0 Å². The predicted molar refractivity (Wildman–Crippen MR) is 89.3 cm³/mol. The molecule has 23 heavy (non-hydrogen) atoms. The average Bonchev–Trinajstić information content (AvgIpc) is 2.95. The fourth-order valence-electron chi connectivity index (χ4n) is 2.60. The van der Waals surface area contributed by atoms with Crippen LogP contribution in [0.25, 0.3) is 5.69 Å². The van der Waals surface area contributed by atoms with Crippen molar-refractivity contribution in [1.29, 1.82) is 0 Å². The van der Waals surface area contributed by atoms with Gasteiger partial charge in [0.15, 0.2) is 5.82 Å². The van der Waals surface area contributed by atoms with E-state index in [1.54, 1.807) is 0 Å². The van der Waals surface area contributed by atoms with Crippen molar-refractivity contribution in [2.75, 3.05) is 0 Å². The maximum Gasteiger partial charge on any atom is 0.186 e. The zero-order valence-corrected chi connectivity index (χ0v) is 13.1. The Morgan fingerprint density at radius 1 is 1.00 bits per heavy atom. The van der Waals surface area contributed by atoms with Crippen molar-refractivity contribution in [2.24, 2.45) is 5.16 Å². The number of hydrogen-bond acceptors (Lipinski definition) is 4. The molecule has 0 saturated carbocycles. The molecular weight excluding hydrogens is 288 g/mol. The van der Waals surface area contributed by atoms with E-state index in [9.17, 15) is 5.21 Å². The lowest BCUT2D eigenvalue weighted by Crippen LogP contribution is -2.14. The van der Waals surface area contributed by atoms with E-state index in [-0.39, 0.29) is 0 Å². The Morgan fingerprint density at radius 2 is 1.70 bits per heavy atom. The van der Waals surface area contributed by atoms with Crippen molar-refractivity contribution >= 4 is 5.71 Å². The zero-order chi connectivity index (χ0) is 16.2. The molecule has 0 aliphatic rings. The normalized spacial score (nSPS) is 11.7. The number of para-hydroxylation sites is 1. The van der Waals surface area contributed by atoms with Gasteiger partial charge in [-0.3, -0.25) is 4.57 Å². The van der Waals surface area contributed by atoms with Gasteiger partial charge in [-0.15, -0.1) is 10.2 Å². The fraction of sp³-hybridized carbons (Fsp3) is 0.167. The molecule has 0 fully saturated rings. The minimum Gasteiger partial charge on any atom is -0.411 e. The number of oxime groups is 1. The molecular formula is C18H18N4O. The van der Waals surface area contributed by atoms with Crippen LogP contribution in [-0.4, -0.2) is 25.7 Å². The van der Waals surface area contributed by atoms with E-state index in [1.165, 1.54) is 0 Å². The van der Waals surface area contributed by atoms with Gasteiger partial charge < -0.3 is 5.21 Å². The number of nitrogens with zero attached hydrogens (tertiary/aromatic N) is 4. The van der Waals surface area contributed by atoms with Gasteiger partial charge in [0.1, 0.15) is 11.5 Å². The largest absolute Gasteiger partial charge is 0.411 e. The van der Waals surface area contributed by atoms with Crippen molar-refractivity contribution in [3.63, 3.8) is 0 Å². The Bertz CT molecular complexity index is 837. The Morgan fingerprint density at radius 3 is 2.39 bits per heavy atom. The lowest BCUT2D eigenvalue weighted by Gasteiger charge is -2.12. The molecule has 5 nitrogen and oxygen atoms in total. The summed E-state index contributed by atoms with van der Waals surface area (Å²) in [5.41, 5.74) is 3.63. The lowest BCUT2D eigenvalue weighted by molar-refractivity contribution is 0.318. The van der Waals surface area contributed by atoms with Crippen molar-refractivity contribution in [3.8, 4) is 5.69 Å². The SMILES string of the molecule is Cc1ccccc1-n1c(C)nnc1/C(Cc1ccccc1)=N\O. The molecule has 0 saturated heterocycles. The summed E-state index contributed by atoms with van der Waals surface area (Å²) >= 11 is 0. The molecule has 3 rings (SSSR count). The first-order valence-corrected chi connectivity index (χ1v) is 7.44. The van der Waals surface area contributed by atoms with E-state index < -0.39 is 0 Å². The summed E-state index contributed by atoms with van der Waals surface area (Å²) in [7, 11) is 0. The molecule has 0 unspecified atom stereocenters. The number of rotatable bonds is 4. The summed E-state index contributed by atoms with van der Waals surface area (Å²) in [5.74, 6) is 1.31. The minimum atomic E-state index is 0.486.